The first-order chi connectivity index (χ1) is 10.4. The van der Waals surface area contributed by atoms with E-state index in [-0.39, 0.29) is 5.60 Å². The molecule has 22 heavy (non-hydrogen) atoms. The molecule has 0 N–H and O–H groups in total. The molecule has 0 aromatic carbocycles. The number of allylic oxidation sites excluding steroid dienone is 1. The van der Waals surface area contributed by atoms with Crippen molar-refractivity contribution in [2.75, 3.05) is 0 Å². The number of hydrogen-bond donors (Lipinski definition) is 0. The Morgan fingerprint density at radius 3 is 2.68 bits per heavy atom. The van der Waals surface area contributed by atoms with Gasteiger partial charge in [-0.15, -0.1) is 6.58 Å². The maximum absolute atomic E-state index is 6.44. The summed E-state index contributed by atoms with van der Waals surface area (Å²) in [5.74, 6) is 0. The van der Waals surface area contributed by atoms with Gasteiger partial charge >= 0.3 is 0 Å². The quantitative estimate of drug-likeness (QED) is 0.683. The van der Waals surface area contributed by atoms with E-state index in [2.05, 4.69) is 24.7 Å². The standard InChI is InChI=1S/C19H30N2O/c1-15(2)6-5-7-18-8-10-19(14-18,11-9-18)22-13-17-12-16(3)20-21(17)4/h12H,1,5-11,13-14H2,2-4H3. The third-order valence-corrected chi connectivity index (χ3v) is 5.85. The van der Waals surface area contributed by atoms with E-state index in [9.17, 15) is 0 Å². The van der Waals surface area contributed by atoms with Crippen molar-refractivity contribution in [1.29, 1.82) is 0 Å². The Hall–Kier alpha value is -1.09. The van der Waals surface area contributed by atoms with Crippen LogP contribution in [0.1, 0.15) is 69.7 Å². The zero-order chi connectivity index (χ0) is 15.8. The monoisotopic (exact) mass is 302 g/mol. The van der Waals surface area contributed by atoms with Crippen LogP contribution in [0.5, 0.6) is 0 Å². The molecule has 0 radical (unpaired) electrons. The van der Waals surface area contributed by atoms with E-state index in [4.69, 9.17) is 4.74 Å². The van der Waals surface area contributed by atoms with Crippen LogP contribution in [0.4, 0.5) is 0 Å². The lowest BCUT2D eigenvalue weighted by atomic mass is 9.79. The largest absolute Gasteiger partial charge is 0.369 e. The molecule has 2 aliphatic carbocycles. The Kier molecular flexibility index (Phi) is 4.19. The number of rotatable bonds is 7. The molecule has 3 heteroatoms. The molecule has 1 heterocycles. The highest BCUT2D eigenvalue weighted by molar-refractivity contribution is 5.10. The van der Waals surface area contributed by atoms with E-state index in [0.29, 0.717) is 12.0 Å². The lowest BCUT2D eigenvalue weighted by Crippen LogP contribution is -2.26. The molecule has 3 rings (SSSR count). The summed E-state index contributed by atoms with van der Waals surface area (Å²) in [5.41, 5.74) is 4.31. The van der Waals surface area contributed by atoms with Gasteiger partial charge in [0.05, 0.1) is 23.6 Å². The first kappa shape index (κ1) is 15.8. The smallest absolute Gasteiger partial charge is 0.0892 e. The molecule has 0 amide bonds. The summed E-state index contributed by atoms with van der Waals surface area (Å²) in [7, 11) is 2.01. The number of nitrogens with zero attached hydrogens (tertiary/aromatic N) is 2. The van der Waals surface area contributed by atoms with Crippen LogP contribution in [0.3, 0.4) is 0 Å². The number of hydrogen-bond acceptors (Lipinski definition) is 2. The highest BCUT2D eigenvalue weighted by Crippen LogP contribution is 2.60. The van der Waals surface area contributed by atoms with Crippen LogP contribution >= 0.6 is 0 Å². The van der Waals surface area contributed by atoms with Gasteiger partial charge in [0.2, 0.25) is 0 Å². The fraction of sp³-hybridized carbons (Fsp3) is 0.737. The molecule has 0 unspecified atom stereocenters. The van der Waals surface area contributed by atoms with Crippen LogP contribution in [-0.2, 0) is 18.4 Å². The third kappa shape index (κ3) is 3.15. The van der Waals surface area contributed by atoms with E-state index in [0.717, 1.165) is 5.69 Å². The average molecular weight is 302 g/mol. The van der Waals surface area contributed by atoms with E-state index >= 15 is 0 Å². The molecular weight excluding hydrogens is 272 g/mol. The molecule has 2 bridgehead atoms. The summed E-state index contributed by atoms with van der Waals surface area (Å²) in [6.45, 7) is 8.92. The zero-order valence-electron chi connectivity index (χ0n) is 14.5. The van der Waals surface area contributed by atoms with Gasteiger partial charge < -0.3 is 4.74 Å². The van der Waals surface area contributed by atoms with Crippen LogP contribution in [0, 0.1) is 12.3 Å². The predicted octanol–water partition coefficient (Wildman–Crippen LogP) is 4.69. The fourth-order valence-electron chi connectivity index (χ4n) is 4.60. The lowest BCUT2D eigenvalue weighted by Gasteiger charge is -2.28. The molecular formula is C19H30N2O. The van der Waals surface area contributed by atoms with Crippen molar-refractivity contribution in [3.63, 3.8) is 0 Å². The summed E-state index contributed by atoms with van der Waals surface area (Å²) in [6.07, 6.45) is 10.3. The Balaban J connectivity index is 1.55. The topological polar surface area (TPSA) is 27.1 Å². The lowest BCUT2D eigenvalue weighted by molar-refractivity contribution is -0.0508. The maximum Gasteiger partial charge on any atom is 0.0892 e. The first-order valence-corrected chi connectivity index (χ1v) is 8.70. The molecule has 1 aromatic heterocycles. The van der Waals surface area contributed by atoms with Crippen molar-refractivity contribution in [2.24, 2.45) is 12.5 Å². The van der Waals surface area contributed by atoms with E-state index in [1.165, 1.54) is 62.6 Å². The fourth-order valence-corrected chi connectivity index (χ4v) is 4.60. The van der Waals surface area contributed by atoms with Gasteiger partial charge in [0.25, 0.3) is 0 Å². The molecule has 2 saturated carbocycles. The van der Waals surface area contributed by atoms with Crippen LogP contribution in [0.15, 0.2) is 18.2 Å². The van der Waals surface area contributed by atoms with Crippen molar-refractivity contribution in [2.45, 2.75) is 77.4 Å². The summed E-state index contributed by atoms with van der Waals surface area (Å²) < 4.78 is 8.39. The van der Waals surface area contributed by atoms with Crippen molar-refractivity contribution in [3.8, 4) is 0 Å². The van der Waals surface area contributed by atoms with E-state index in [1.54, 1.807) is 0 Å². The second kappa shape index (κ2) is 5.84. The predicted molar refractivity (Wildman–Crippen MR) is 89.6 cm³/mol. The average Bonchev–Trinajstić information content (AvgIpc) is 3.08. The second-order valence-corrected chi connectivity index (χ2v) is 7.86. The zero-order valence-corrected chi connectivity index (χ0v) is 14.5. The molecule has 2 fully saturated rings. The van der Waals surface area contributed by atoms with Crippen molar-refractivity contribution in [3.05, 3.63) is 29.6 Å². The van der Waals surface area contributed by atoms with Crippen LogP contribution in [0.25, 0.3) is 0 Å². The number of fused-ring (bicyclic) bond motifs is 2. The highest BCUT2D eigenvalue weighted by Gasteiger charge is 2.54. The van der Waals surface area contributed by atoms with Gasteiger partial charge in [0.1, 0.15) is 0 Å². The maximum atomic E-state index is 6.44. The minimum atomic E-state index is 0.154. The minimum absolute atomic E-state index is 0.154. The number of ether oxygens (including phenoxy) is 1. The van der Waals surface area contributed by atoms with Crippen molar-refractivity contribution >= 4 is 0 Å². The van der Waals surface area contributed by atoms with Gasteiger partial charge in [-0.25, -0.2) is 0 Å². The van der Waals surface area contributed by atoms with Gasteiger partial charge in [0.15, 0.2) is 0 Å². The Morgan fingerprint density at radius 1 is 1.36 bits per heavy atom. The molecule has 2 aliphatic rings. The highest BCUT2D eigenvalue weighted by atomic mass is 16.5. The molecule has 3 nitrogen and oxygen atoms in total. The van der Waals surface area contributed by atoms with Crippen LogP contribution in [-0.4, -0.2) is 15.4 Å². The van der Waals surface area contributed by atoms with Gasteiger partial charge in [-0.2, -0.15) is 5.10 Å². The molecule has 0 atom stereocenters. The second-order valence-electron chi connectivity index (χ2n) is 7.86. The Bertz CT molecular complexity index is 550. The molecule has 0 aliphatic heterocycles. The Morgan fingerprint density at radius 2 is 2.09 bits per heavy atom. The molecule has 0 saturated heterocycles. The molecule has 122 valence electrons. The third-order valence-electron chi connectivity index (χ3n) is 5.85. The summed E-state index contributed by atoms with van der Waals surface area (Å²) >= 11 is 0. The number of aryl methyl sites for hydroxylation is 2. The number of aromatic nitrogens is 2. The minimum Gasteiger partial charge on any atom is -0.369 e. The van der Waals surface area contributed by atoms with Gasteiger partial charge in [-0.05, 0) is 76.7 Å². The van der Waals surface area contributed by atoms with Gasteiger partial charge in [-0.1, -0.05) is 5.57 Å². The summed E-state index contributed by atoms with van der Waals surface area (Å²) in [6, 6.07) is 2.14. The first-order valence-electron chi connectivity index (χ1n) is 8.70. The molecule has 0 spiro atoms. The van der Waals surface area contributed by atoms with Crippen molar-refractivity contribution in [1.82, 2.24) is 9.78 Å². The Labute approximate surface area is 134 Å². The molecule has 1 aromatic rings. The van der Waals surface area contributed by atoms with Crippen LogP contribution in [0.2, 0.25) is 0 Å². The van der Waals surface area contributed by atoms with E-state index in [1.807, 2.05) is 18.7 Å². The summed E-state index contributed by atoms with van der Waals surface area (Å²) in [4.78, 5) is 0. The van der Waals surface area contributed by atoms with Gasteiger partial charge in [0, 0.05) is 7.05 Å². The van der Waals surface area contributed by atoms with Gasteiger partial charge in [-0.3, -0.25) is 4.68 Å². The van der Waals surface area contributed by atoms with E-state index < -0.39 is 0 Å². The normalized spacial score (nSPS) is 30.1. The van der Waals surface area contributed by atoms with Crippen LogP contribution < -0.4 is 0 Å². The SMILES string of the molecule is C=C(C)CCCC12CCC(OCc3cc(C)nn3C)(CC1)C2. The summed E-state index contributed by atoms with van der Waals surface area (Å²) in [5, 5.41) is 4.41. The van der Waals surface area contributed by atoms with Crippen molar-refractivity contribution < 1.29 is 4.74 Å².